The Bertz CT molecular complexity index is 893. The number of benzene rings is 2. The molecule has 4 heteroatoms. The van der Waals surface area contributed by atoms with Crippen molar-refractivity contribution in [1.29, 1.82) is 0 Å². The van der Waals surface area contributed by atoms with Gasteiger partial charge in [0.1, 0.15) is 17.9 Å². The zero-order valence-electron chi connectivity index (χ0n) is 13.3. The van der Waals surface area contributed by atoms with Gasteiger partial charge in [-0.3, -0.25) is 4.98 Å². The lowest BCUT2D eigenvalue weighted by Gasteiger charge is -2.09. The van der Waals surface area contributed by atoms with Crippen LogP contribution in [0, 0.1) is 0 Å². The zero-order chi connectivity index (χ0) is 16.9. The summed E-state index contributed by atoms with van der Waals surface area (Å²) in [4.78, 5) is 15.2. The van der Waals surface area contributed by atoms with E-state index in [0.717, 1.165) is 27.8 Å². The lowest BCUT2D eigenvalue weighted by molar-refractivity contribution is -0.132. The van der Waals surface area contributed by atoms with Gasteiger partial charge < -0.3 is 9.84 Å². The summed E-state index contributed by atoms with van der Waals surface area (Å²) >= 11 is 0. The third-order valence-corrected chi connectivity index (χ3v) is 3.69. The highest BCUT2D eigenvalue weighted by Crippen LogP contribution is 2.24. The maximum absolute atomic E-state index is 10.8. The molecule has 3 rings (SSSR count). The summed E-state index contributed by atoms with van der Waals surface area (Å²) < 4.78 is 5.89. The number of nitrogens with zero attached hydrogens (tertiary/aromatic N) is 1. The number of para-hydroxylation sites is 1. The Morgan fingerprint density at radius 3 is 2.62 bits per heavy atom. The number of rotatable bonds is 5. The first-order chi connectivity index (χ1) is 11.6. The van der Waals surface area contributed by atoms with Crippen molar-refractivity contribution in [3.8, 4) is 5.75 Å². The van der Waals surface area contributed by atoms with Gasteiger partial charge in [0.25, 0.3) is 0 Å². The van der Waals surface area contributed by atoms with Crippen LogP contribution >= 0.6 is 0 Å². The summed E-state index contributed by atoms with van der Waals surface area (Å²) in [6, 6.07) is 17.4. The Morgan fingerprint density at radius 2 is 1.88 bits per heavy atom. The average Bonchev–Trinajstić information content (AvgIpc) is 2.61. The molecule has 0 unspecified atom stereocenters. The van der Waals surface area contributed by atoms with Gasteiger partial charge in [0.05, 0.1) is 0 Å². The lowest BCUT2D eigenvalue weighted by Crippen LogP contribution is -1.97. The summed E-state index contributed by atoms with van der Waals surface area (Å²) in [5, 5.41) is 9.94. The van der Waals surface area contributed by atoms with E-state index >= 15 is 0 Å². The number of pyridine rings is 1. The molecule has 0 saturated carbocycles. The van der Waals surface area contributed by atoms with E-state index in [1.165, 1.54) is 0 Å². The molecule has 24 heavy (non-hydrogen) atoms. The average molecular weight is 319 g/mol. The van der Waals surface area contributed by atoms with E-state index in [9.17, 15) is 4.79 Å². The monoisotopic (exact) mass is 319 g/mol. The fourth-order valence-electron chi connectivity index (χ4n) is 2.38. The molecule has 120 valence electrons. The normalized spacial score (nSPS) is 11.5. The first-order valence-corrected chi connectivity index (χ1v) is 7.60. The highest BCUT2D eigenvalue weighted by Gasteiger charge is 2.04. The Kier molecular flexibility index (Phi) is 4.57. The number of carboxylic acid groups (broad SMARTS) is 1. The fourth-order valence-corrected chi connectivity index (χ4v) is 2.38. The molecule has 2 aromatic carbocycles. The maximum atomic E-state index is 10.8. The van der Waals surface area contributed by atoms with E-state index < -0.39 is 5.97 Å². The van der Waals surface area contributed by atoms with Gasteiger partial charge >= 0.3 is 5.97 Å². The SMILES string of the molecule is CC(=Cc1ccc(COc2cccc3cccnc23)cc1)C(=O)O. The van der Waals surface area contributed by atoms with E-state index in [1.54, 1.807) is 19.2 Å². The smallest absolute Gasteiger partial charge is 0.331 e. The third kappa shape index (κ3) is 3.60. The van der Waals surface area contributed by atoms with Gasteiger partial charge in [-0.2, -0.15) is 0 Å². The van der Waals surface area contributed by atoms with Gasteiger partial charge in [-0.1, -0.05) is 42.5 Å². The third-order valence-electron chi connectivity index (χ3n) is 3.69. The first kappa shape index (κ1) is 15.7. The van der Waals surface area contributed by atoms with E-state index in [0.29, 0.717) is 12.2 Å². The second-order valence-corrected chi connectivity index (χ2v) is 5.49. The molecule has 0 saturated heterocycles. The molecule has 0 bridgehead atoms. The van der Waals surface area contributed by atoms with Crippen LogP contribution in [0.2, 0.25) is 0 Å². The molecule has 1 N–H and O–H groups in total. The standard InChI is InChI=1S/C20H17NO3/c1-14(20(22)23)12-15-7-9-16(10-8-15)13-24-18-6-2-4-17-5-3-11-21-19(17)18/h2-12H,13H2,1H3,(H,22,23). The van der Waals surface area contributed by atoms with Crippen LogP contribution in [-0.4, -0.2) is 16.1 Å². The van der Waals surface area contributed by atoms with E-state index in [2.05, 4.69) is 4.98 Å². The minimum Gasteiger partial charge on any atom is -0.487 e. The molecular weight excluding hydrogens is 302 g/mol. The molecule has 0 aliphatic carbocycles. The molecular formula is C20H17NO3. The number of carbonyl (C=O) groups is 1. The molecule has 0 spiro atoms. The molecule has 0 radical (unpaired) electrons. The van der Waals surface area contributed by atoms with Crippen LogP contribution in [-0.2, 0) is 11.4 Å². The second-order valence-electron chi connectivity index (χ2n) is 5.49. The van der Waals surface area contributed by atoms with Gasteiger partial charge in [-0.15, -0.1) is 0 Å². The summed E-state index contributed by atoms with van der Waals surface area (Å²) in [6.45, 7) is 2.00. The number of fused-ring (bicyclic) bond motifs is 1. The van der Waals surface area contributed by atoms with Crippen LogP contribution in [0.15, 0.2) is 66.4 Å². The van der Waals surface area contributed by atoms with E-state index in [-0.39, 0.29) is 0 Å². The molecule has 0 atom stereocenters. The molecule has 0 aliphatic heterocycles. The van der Waals surface area contributed by atoms with Crippen LogP contribution in [0.3, 0.4) is 0 Å². The number of carboxylic acids is 1. The van der Waals surface area contributed by atoms with Gasteiger partial charge in [0, 0.05) is 17.2 Å². The molecule has 1 aromatic heterocycles. The van der Waals surface area contributed by atoms with Crippen LogP contribution < -0.4 is 4.74 Å². The van der Waals surface area contributed by atoms with Gasteiger partial charge in [-0.25, -0.2) is 4.79 Å². The highest BCUT2D eigenvalue weighted by atomic mass is 16.5. The topological polar surface area (TPSA) is 59.4 Å². The first-order valence-electron chi connectivity index (χ1n) is 7.60. The zero-order valence-corrected chi connectivity index (χ0v) is 13.3. The lowest BCUT2D eigenvalue weighted by atomic mass is 10.1. The van der Waals surface area contributed by atoms with Gasteiger partial charge in [0.15, 0.2) is 0 Å². The molecule has 0 fully saturated rings. The predicted molar refractivity (Wildman–Crippen MR) is 93.8 cm³/mol. The molecule has 0 aliphatic rings. The largest absolute Gasteiger partial charge is 0.487 e. The molecule has 1 heterocycles. The van der Waals surface area contributed by atoms with Crippen molar-refractivity contribution in [1.82, 2.24) is 4.98 Å². The minimum absolute atomic E-state index is 0.306. The molecule has 3 aromatic rings. The molecule has 4 nitrogen and oxygen atoms in total. The van der Waals surface area contributed by atoms with Crippen molar-refractivity contribution < 1.29 is 14.6 Å². The van der Waals surface area contributed by atoms with Crippen LogP contribution in [0.25, 0.3) is 17.0 Å². The Morgan fingerprint density at radius 1 is 1.12 bits per heavy atom. The predicted octanol–water partition coefficient (Wildman–Crippen LogP) is 4.30. The van der Waals surface area contributed by atoms with Crippen LogP contribution in [0.5, 0.6) is 5.75 Å². The second kappa shape index (κ2) is 6.96. The molecule has 0 amide bonds. The van der Waals surface area contributed by atoms with Crippen molar-refractivity contribution in [2.75, 3.05) is 0 Å². The Hall–Kier alpha value is -3.14. The summed E-state index contributed by atoms with van der Waals surface area (Å²) in [7, 11) is 0. The Balaban J connectivity index is 1.73. The maximum Gasteiger partial charge on any atom is 0.331 e. The number of ether oxygens (including phenoxy) is 1. The number of hydrogen-bond donors (Lipinski definition) is 1. The van der Waals surface area contributed by atoms with E-state index in [4.69, 9.17) is 9.84 Å². The summed E-state index contributed by atoms with van der Waals surface area (Å²) in [5.74, 6) is -0.162. The van der Waals surface area contributed by atoms with Gasteiger partial charge in [0.2, 0.25) is 0 Å². The van der Waals surface area contributed by atoms with Crippen LogP contribution in [0.1, 0.15) is 18.1 Å². The van der Waals surface area contributed by atoms with Crippen molar-refractivity contribution >= 4 is 22.9 Å². The summed E-state index contributed by atoms with van der Waals surface area (Å²) in [6.07, 6.45) is 3.39. The van der Waals surface area contributed by atoms with Crippen molar-refractivity contribution in [2.24, 2.45) is 0 Å². The highest BCUT2D eigenvalue weighted by molar-refractivity contribution is 5.91. The van der Waals surface area contributed by atoms with Crippen molar-refractivity contribution in [2.45, 2.75) is 13.5 Å². The van der Waals surface area contributed by atoms with Gasteiger partial charge in [-0.05, 0) is 36.3 Å². The fraction of sp³-hybridized carbons (Fsp3) is 0.100. The number of aliphatic carboxylic acids is 1. The quantitative estimate of drug-likeness (QED) is 0.712. The summed E-state index contributed by atoms with van der Waals surface area (Å²) in [5.41, 5.74) is 3.01. The van der Waals surface area contributed by atoms with E-state index in [1.807, 2.05) is 54.6 Å². The minimum atomic E-state index is -0.911. The number of hydrogen-bond acceptors (Lipinski definition) is 3. The Labute approximate surface area is 140 Å². The van der Waals surface area contributed by atoms with Crippen molar-refractivity contribution in [3.05, 3.63) is 77.5 Å². The number of aromatic nitrogens is 1. The van der Waals surface area contributed by atoms with Crippen LogP contribution in [0.4, 0.5) is 0 Å². The van der Waals surface area contributed by atoms with Crippen molar-refractivity contribution in [3.63, 3.8) is 0 Å².